The highest BCUT2D eigenvalue weighted by molar-refractivity contribution is 6.11. The predicted molar refractivity (Wildman–Crippen MR) is 143 cm³/mol. The fraction of sp³-hybridized carbons (Fsp3) is 0.323. The first-order chi connectivity index (χ1) is 18.4. The lowest BCUT2D eigenvalue weighted by Crippen LogP contribution is -2.70. The first-order valence-electron chi connectivity index (χ1n) is 12.7. The first-order valence-corrected chi connectivity index (χ1v) is 12.7. The number of amides is 1. The average Bonchev–Trinajstić information content (AvgIpc) is 2.92. The van der Waals surface area contributed by atoms with Gasteiger partial charge in [-0.05, 0) is 60.7 Å². The molecule has 4 rings (SSSR count). The van der Waals surface area contributed by atoms with Crippen molar-refractivity contribution in [2.45, 2.75) is 38.3 Å². The van der Waals surface area contributed by atoms with Gasteiger partial charge in [0.2, 0.25) is 5.91 Å². The number of hydrogen-bond donors (Lipinski definition) is 0. The van der Waals surface area contributed by atoms with Gasteiger partial charge >= 0.3 is 5.97 Å². The van der Waals surface area contributed by atoms with E-state index in [-0.39, 0.29) is 24.3 Å². The standard InChI is InChI=1S/C31H33NO6/c1-21(33)28-29(31(35)38-18-17-22-7-5-4-6-8-22)32(30(28)34)25(19-23-9-13-26(36-2)14-10-23)20-24-11-15-27(37-3)16-12-24/h4-16,25,28-29H,17-20H2,1-3H3/t28-,29+/m0/s1. The molecule has 0 aliphatic carbocycles. The summed E-state index contributed by atoms with van der Waals surface area (Å²) >= 11 is 0. The highest BCUT2D eigenvalue weighted by Crippen LogP contribution is 2.34. The fourth-order valence-electron chi connectivity index (χ4n) is 4.90. The number of nitrogens with zero attached hydrogens (tertiary/aromatic N) is 1. The second kappa shape index (κ2) is 12.4. The Labute approximate surface area is 223 Å². The van der Waals surface area contributed by atoms with Gasteiger partial charge in [0.05, 0.1) is 20.8 Å². The minimum absolute atomic E-state index is 0.174. The molecule has 1 aliphatic heterocycles. The molecule has 38 heavy (non-hydrogen) atoms. The van der Waals surface area contributed by atoms with Crippen LogP contribution in [0.3, 0.4) is 0 Å². The van der Waals surface area contributed by atoms with E-state index in [0.717, 1.165) is 28.2 Å². The lowest BCUT2D eigenvalue weighted by Gasteiger charge is -2.48. The lowest BCUT2D eigenvalue weighted by molar-refractivity contribution is -0.180. The Balaban J connectivity index is 1.56. The number of likely N-dealkylation sites (tertiary alicyclic amines) is 1. The maximum absolute atomic E-state index is 13.3. The number of carbonyl (C=O) groups is 3. The zero-order chi connectivity index (χ0) is 27.1. The number of methoxy groups -OCH3 is 2. The van der Waals surface area contributed by atoms with Gasteiger partial charge in [-0.1, -0.05) is 54.6 Å². The summed E-state index contributed by atoms with van der Waals surface area (Å²) in [4.78, 5) is 40.5. The Morgan fingerprint density at radius 3 is 1.79 bits per heavy atom. The number of Topliss-reactive ketones (excluding diaryl/α,β-unsaturated/α-hetero) is 1. The molecule has 198 valence electrons. The second-order valence-electron chi connectivity index (χ2n) is 9.44. The van der Waals surface area contributed by atoms with E-state index in [2.05, 4.69) is 0 Å². The van der Waals surface area contributed by atoms with Gasteiger partial charge < -0.3 is 19.1 Å². The van der Waals surface area contributed by atoms with Gasteiger partial charge in [0.1, 0.15) is 29.2 Å². The number of esters is 1. The van der Waals surface area contributed by atoms with Crippen LogP contribution in [0, 0.1) is 5.92 Å². The molecule has 7 heteroatoms. The van der Waals surface area contributed by atoms with E-state index < -0.39 is 17.9 Å². The molecule has 0 saturated carbocycles. The third-order valence-electron chi connectivity index (χ3n) is 6.95. The van der Waals surface area contributed by atoms with Crippen LogP contribution in [0.5, 0.6) is 11.5 Å². The zero-order valence-electron chi connectivity index (χ0n) is 22.0. The van der Waals surface area contributed by atoms with Crippen LogP contribution in [0.1, 0.15) is 23.6 Å². The molecule has 0 bridgehead atoms. The van der Waals surface area contributed by atoms with E-state index in [0.29, 0.717) is 19.3 Å². The predicted octanol–water partition coefficient (Wildman–Crippen LogP) is 4.06. The van der Waals surface area contributed by atoms with Crippen molar-refractivity contribution in [2.24, 2.45) is 5.92 Å². The van der Waals surface area contributed by atoms with Crippen LogP contribution in [-0.2, 0) is 38.4 Å². The summed E-state index contributed by atoms with van der Waals surface area (Å²) in [5.74, 6) is -0.768. The van der Waals surface area contributed by atoms with E-state index in [1.54, 1.807) is 19.1 Å². The van der Waals surface area contributed by atoms with Crippen LogP contribution in [0.4, 0.5) is 0 Å². The summed E-state index contributed by atoms with van der Waals surface area (Å²) in [7, 11) is 3.21. The third-order valence-corrected chi connectivity index (χ3v) is 6.95. The minimum Gasteiger partial charge on any atom is -0.497 e. The summed E-state index contributed by atoms with van der Waals surface area (Å²) in [5, 5.41) is 0. The number of carbonyl (C=O) groups excluding carboxylic acids is 3. The average molecular weight is 516 g/mol. The van der Waals surface area contributed by atoms with Crippen LogP contribution in [0.25, 0.3) is 0 Å². The molecule has 2 atom stereocenters. The van der Waals surface area contributed by atoms with Crippen LogP contribution in [0.15, 0.2) is 78.9 Å². The molecule has 0 radical (unpaired) electrons. The van der Waals surface area contributed by atoms with Crippen LogP contribution >= 0.6 is 0 Å². The number of hydrogen-bond acceptors (Lipinski definition) is 6. The van der Waals surface area contributed by atoms with Crippen molar-refractivity contribution in [2.75, 3.05) is 20.8 Å². The minimum atomic E-state index is -1.02. The second-order valence-corrected chi connectivity index (χ2v) is 9.44. The molecule has 3 aromatic carbocycles. The quantitative estimate of drug-likeness (QED) is 0.206. The van der Waals surface area contributed by atoms with Crippen molar-refractivity contribution < 1.29 is 28.6 Å². The van der Waals surface area contributed by atoms with Crippen molar-refractivity contribution in [1.82, 2.24) is 4.90 Å². The topological polar surface area (TPSA) is 82.1 Å². The monoisotopic (exact) mass is 515 g/mol. The fourth-order valence-corrected chi connectivity index (χ4v) is 4.90. The van der Waals surface area contributed by atoms with Crippen molar-refractivity contribution in [3.63, 3.8) is 0 Å². The largest absolute Gasteiger partial charge is 0.497 e. The van der Waals surface area contributed by atoms with Gasteiger partial charge in [0.15, 0.2) is 0 Å². The van der Waals surface area contributed by atoms with Crippen molar-refractivity contribution >= 4 is 17.7 Å². The van der Waals surface area contributed by atoms with E-state index in [1.807, 2.05) is 78.9 Å². The molecule has 1 amide bonds. The molecule has 0 unspecified atom stereocenters. The van der Waals surface area contributed by atoms with Gasteiger partial charge in [0.25, 0.3) is 0 Å². The van der Waals surface area contributed by atoms with E-state index in [1.165, 1.54) is 6.92 Å². The van der Waals surface area contributed by atoms with Gasteiger partial charge in [-0.25, -0.2) is 4.79 Å². The highest BCUT2D eigenvalue weighted by Gasteiger charge is 2.56. The number of β-lactam (4-membered cyclic amide) rings is 1. The summed E-state index contributed by atoms with van der Waals surface area (Å²) in [6.07, 6.45) is 1.56. The Bertz CT molecular complexity index is 1190. The van der Waals surface area contributed by atoms with Crippen LogP contribution < -0.4 is 9.47 Å². The molecular formula is C31H33NO6. The maximum atomic E-state index is 13.3. The molecule has 7 nitrogen and oxygen atoms in total. The van der Waals surface area contributed by atoms with Gasteiger partial charge in [-0.2, -0.15) is 0 Å². The number of ether oxygens (including phenoxy) is 3. The van der Waals surface area contributed by atoms with E-state index >= 15 is 0 Å². The highest BCUT2D eigenvalue weighted by atomic mass is 16.5. The Morgan fingerprint density at radius 2 is 1.32 bits per heavy atom. The summed E-state index contributed by atoms with van der Waals surface area (Å²) < 4.78 is 16.1. The van der Waals surface area contributed by atoms with Gasteiger partial charge in [-0.15, -0.1) is 0 Å². The third kappa shape index (κ3) is 6.22. The van der Waals surface area contributed by atoms with E-state index in [9.17, 15) is 14.4 Å². The number of rotatable bonds is 12. The van der Waals surface area contributed by atoms with Crippen LogP contribution in [-0.4, -0.2) is 55.5 Å². The molecule has 0 spiro atoms. The van der Waals surface area contributed by atoms with Crippen LogP contribution in [0.2, 0.25) is 0 Å². The Morgan fingerprint density at radius 1 is 0.789 bits per heavy atom. The van der Waals surface area contributed by atoms with E-state index in [4.69, 9.17) is 14.2 Å². The first kappa shape index (κ1) is 26.9. The molecule has 3 aromatic rings. The maximum Gasteiger partial charge on any atom is 0.330 e. The van der Waals surface area contributed by atoms with Gasteiger partial charge in [-0.3, -0.25) is 9.59 Å². The van der Waals surface area contributed by atoms with Crippen molar-refractivity contribution in [3.8, 4) is 11.5 Å². The molecule has 1 aliphatic rings. The number of ketones is 1. The number of benzene rings is 3. The molecular weight excluding hydrogens is 482 g/mol. The molecule has 1 heterocycles. The van der Waals surface area contributed by atoms with Crippen molar-refractivity contribution in [1.29, 1.82) is 0 Å². The molecule has 1 saturated heterocycles. The molecule has 0 N–H and O–H groups in total. The molecule has 1 fully saturated rings. The molecule has 0 aromatic heterocycles. The normalized spacial score (nSPS) is 16.6. The SMILES string of the molecule is COc1ccc(CC(Cc2ccc(OC)cc2)N2C(=O)[C@@H](C(C)=O)[C@@H]2C(=O)OCCc2ccccc2)cc1. The Kier molecular flexibility index (Phi) is 8.79. The lowest BCUT2D eigenvalue weighted by atomic mass is 9.80. The van der Waals surface area contributed by atoms with Gasteiger partial charge in [0, 0.05) is 12.5 Å². The van der Waals surface area contributed by atoms with Crippen molar-refractivity contribution in [3.05, 3.63) is 95.6 Å². The zero-order valence-corrected chi connectivity index (χ0v) is 22.0. The summed E-state index contributed by atoms with van der Waals surface area (Å²) in [6.45, 7) is 1.53. The summed E-state index contributed by atoms with van der Waals surface area (Å²) in [5.41, 5.74) is 3.01. The smallest absolute Gasteiger partial charge is 0.330 e. The summed E-state index contributed by atoms with van der Waals surface area (Å²) in [6, 6.07) is 23.7. The Hall–Kier alpha value is -4.13.